The lowest BCUT2D eigenvalue weighted by molar-refractivity contribution is 0.224. The standard InChI is InChI=1S/C19H24N2S/c1-15-4-3-5-19(12-15)22-18-7-10-21(11-8-18)14-17-6-9-20-13-16(17)2/h3-6,9,12-13,18H,7-8,10-11,14H2,1-2H3. The zero-order chi connectivity index (χ0) is 15.4. The molecule has 1 aromatic carbocycles. The molecule has 0 radical (unpaired) electrons. The molecule has 22 heavy (non-hydrogen) atoms. The lowest BCUT2D eigenvalue weighted by Crippen LogP contribution is -2.34. The lowest BCUT2D eigenvalue weighted by Gasteiger charge is -2.32. The molecule has 2 heterocycles. The summed E-state index contributed by atoms with van der Waals surface area (Å²) in [7, 11) is 0. The van der Waals surface area contributed by atoms with Crippen LogP contribution in [0, 0.1) is 13.8 Å². The number of nitrogens with zero attached hydrogens (tertiary/aromatic N) is 2. The van der Waals surface area contributed by atoms with Gasteiger partial charge in [0.15, 0.2) is 0 Å². The van der Waals surface area contributed by atoms with Gasteiger partial charge in [0.25, 0.3) is 0 Å². The van der Waals surface area contributed by atoms with Crippen molar-refractivity contribution in [1.29, 1.82) is 0 Å². The van der Waals surface area contributed by atoms with Gasteiger partial charge in [-0.1, -0.05) is 17.7 Å². The number of likely N-dealkylation sites (tertiary alicyclic amines) is 1. The first-order valence-corrected chi connectivity index (χ1v) is 8.94. The van der Waals surface area contributed by atoms with Gasteiger partial charge in [-0.2, -0.15) is 0 Å². The van der Waals surface area contributed by atoms with E-state index in [1.165, 1.54) is 47.5 Å². The Morgan fingerprint density at radius 3 is 2.73 bits per heavy atom. The summed E-state index contributed by atoms with van der Waals surface area (Å²) in [6.07, 6.45) is 6.43. The Hall–Kier alpha value is -1.32. The maximum absolute atomic E-state index is 4.18. The van der Waals surface area contributed by atoms with Crippen molar-refractivity contribution >= 4 is 11.8 Å². The van der Waals surface area contributed by atoms with Crippen molar-refractivity contribution in [3.8, 4) is 0 Å². The van der Waals surface area contributed by atoms with Crippen LogP contribution in [-0.2, 0) is 6.54 Å². The molecule has 0 amide bonds. The Labute approximate surface area is 138 Å². The fraction of sp³-hybridized carbons (Fsp3) is 0.421. The Morgan fingerprint density at radius 2 is 2.00 bits per heavy atom. The van der Waals surface area contributed by atoms with Crippen LogP contribution < -0.4 is 0 Å². The highest BCUT2D eigenvalue weighted by Crippen LogP contribution is 2.31. The molecule has 1 aliphatic rings. The average Bonchev–Trinajstić information content (AvgIpc) is 2.52. The number of thioether (sulfide) groups is 1. The lowest BCUT2D eigenvalue weighted by atomic mass is 10.1. The first-order chi connectivity index (χ1) is 10.7. The Bertz CT molecular complexity index is 618. The average molecular weight is 312 g/mol. The van der Waals surface area contributed by atoms with E-state index in [0.29, 0.717) is 0 Å². The van der Waals surface area contributed by atoms with Gasteiger partial charge in [0, 0.05) is 29.1 Å². The van der Waals surface area contributed by atoms with Gasteiger partial charge < -0.3 is 0 Å². The number of rotatable bonds is 4. The molecule has 0 bridgehead atoms. The van der Waals surface area contributed by atoms with Crippen molar-refractivity contribution in [1.82, 2.24) is 9.88 Å². The molecule has 1 aromatic heterocycles. The summed E-state index contributed by atoms with van der Waals surface area (Å²) in [5.41, 5.74) is 4.08. The Balaban J connectivity index is 1.51. The van der Waals surface area contributed by atoms with Crippen LogP contribution >= 0.6 is 11.8 Å². The summed E-state index contributed by atoms with van der Waals surface area (Å²) in [4.78, 5) is 8.18. The van der Waals surface area contributed by atoms with Crippen LogP contribution in [0.4, 0.5) is 0 Å². The third kappa shape index (κ3) is 4.11. The second-order valence-corrected chi connectivity index (χ2v) is 7.59. The van der Waals surface area contributed by atoms with Crippen LogP contribution in [0.2, 0.25) is 0 Å². The molecule has 0 unspecified atom stereocenters. The molecule has 3 heteroatoms. The second kappa shape index (κ2) is 7.30. The summed E-state index contributed by atoms with van der Waals surface area (Å²) >= 11 is 2.05. The number of pyridine rings is 1. The van der Waals surface area contributed by atoms with Gasteiger partial charge >= 0.3 is 0 Å². The smallest absolute Gasteiger partial charge is 0.0300 e. The van der Waals surface area contributed by atoms with Crippen molar-refractivity contribution in [3.05, 3.63) is 59.4 Å². The van der Waals surface area contributed by atoms with Gasteiger partial charge in [-0.3, -0.25) is 9.88 Å². The highest BCUT2D eigenvalue weighted by atomic mass is 32.2. The molecule has 1 fully saturated rings. The van der Waals surface area contributed by atoms with E-state index in [1.807, 2.05) is 12.4 Å². The molecule has 116 valence electrons. The van der Waals surface area contributed by atoms with Crippen molar-refractivity contribution in [2.45, 2.75) is 43.4 Å². The van der Waals surface area contributed by atoms with Gasteiger partial charge in [-0.25, -0.2) is 0 Å². The fourth-order valence-corrected chi connectivity index (χ4v) is 4.23. The first-order valence-electron chi connectivity index (χ1n) is 8.06. The number of aromatic nitrogens is 1. The van der Waals surface area contributed by atoms with Crippen molar-refractivity contribution < 1.29 is 0 Å². The topological polar surface area (TPSA) is 16.1 Å². The molecule has 3 rings (SSSR count). The largest absolute Gasteiger partial charge is 0.299 e. The molecule has 2 aromatic rings. The van der Waals surface area contributed by atoms with E-state index in [9.17, 15) is 0 Å². The van der Waals surface area contributed by atoms with Crippen LogP contribution in [0.15, 0.2) is 47.6 Å². The van der Waals surface area contributed by atoms with Crippen molar-refractivity contribution in [2.24, 2.45) is 0 Å². The van der Waals surface area contributed by atoms with Crippen LogP contribution in [0.1, 0.15) is 29.5 Å². The normalized spacial score (nSPS) is 16.8. The third-order valence-corrected chi connectivity index (χ3v) is 5.69. The minimum absolute atomic E-state index is 0.761. The van der Waals surface area contributed by atoms with E-state index in [0.717, 1.165) is 11.8 Å². The van der Waals surface area contributed by atoms with Crippen LogP contribution in [-0.4, -0.2) is 28.2 Å². The SMILES string of the molecule is Cc1cccc(SC2CCN(Cc3ccncc3C)CC2)c1. The maximum Gasteiger partial charge on any atom is 0.0300 e. The van der Waals surface area contributed by atoms with Gasteiger partial charge in [0.2, 0.25) is 0 Å². The van der Waals surface area contributed by atoms with Crippen LogP contribution in [0.3, 0.4) is 0 Å². The van der Waals surface area contributed by atoms with Crippen molar-refractivity contribution in [2.75, 3.05) is 13.1 Å². The summed E-state index contributed by atoms with van der Waals surface area (Å²) < 4.78 is 0. The summed E-state index contributed by atoms with van der Waals surface area (Å²) in [5, 5.41) is 0.761. The van der Waals surface area contributed by atoms with Crippen LogP contribution in [0.25, 0.3) is 0 Å². The minimum Gasteiger partial charge on any atom is -0.299 e. The molecule has 0 atom stereocenters. The predicted octanol–water partition coefficient (Wildman–Crippen LogP) is 4.46. The first kappa shape index (κ1) is 15.6. The van der Waals surface area contributed by atoms with E-state index in [-0.39, 0.29) is 0 Å². The fourth-order valence-electron chi connectivity index (χ4n) is 2.99. The molecule has 2 nitrogen and oxygen atoms in total. The maximum atomic E-state index is 4.18. The van der Waals surface area contributed by atoms with E-state index in [1.54, 1.807) is 0 Å². The molecule has 0 spiro atoms. The molecular formula is C19H24N2S. The third-order valence-electron chi connectivity index (χ3n) is 4.36. The number of piperidine rings is 1. The highest BCUT2D eigenvalue weighted by Gasteiger charge is 2.20. The van der Waals surface area contributed by atoms with E-state index >= 15 is 0 Å². The van der Waals surface area contributed by atoms with Gasteiger partial charge in [-0.05, 0) is 69.1 Å². The minimum atomic E-state index is 0.761. The van der Waals surface area contributed by atoms with Gasteiger partial charge in [0.1, 0.15) is 0 Å². The monoisotopic (exact) mass is 312 g/mol. The Kier molecular flexibility index (Phi) is 5.16. The van der Waals surface area contributed by atoms with Gasteiger partial charge in [-0.15, -0.1) is 11.8 Å². The van der Waals surface area contributed by atoms with Crippen molar-refractivity contribution in [3.63, 3.8) is 0 Å². The number of hydrogen-bond acceptors (Lipinski definition) is 3. The zero-order valence-electron chi connectivity index (χ0n) is 13.5. The van der Waals surface area contributed by atoms with Crippen LogP contribution in [0.5, 0.6) is 0 Å². The molecular weight excluding hydrogens is 288 g/mol. The summed E-state index contributed by atoms with van der Waals surface area (Å²) in [5.74, 6) is 0. The molecule has 0 aliphatic carbocycles. The summed E-state index contributed by atoms with van der Waals surface area (Å²) in [6.45, 7) is 7.79. The second-order valence-electron chi connectivity index (χ2n) is 6.21. The van der Waals surface area contributed by atoms with E-state index in [4.69, 9.17) is 0 Å². The molecule has 0 N–H and O–H groups in total. The highest BCUT2D eigenvalue weighted by molar-refractivity contribution is 8.00. The zero-order valence-corrected chi connectivity index (χ0v) is 14.3. The quantitative estimate of drug-likeness (QED) is 0.829. The molecule has 1 aliphatic heterocycles. The Morgan fingerprint density at radius 1 is 1.18 bits per heavy atom. The molecule has 0 saturated carbocycles. The van der Waals surface area contributed by atoms with Gasteiger partial charge in [0.05, 0.1) is 0 Å². The number of aryl methyl sites for hydroxylation is 2. The van der Waals surface area contributed by atoms with E-state index < -0.39 is 0 Å². The summed E-state index contributed by atoms with van der Waals surface area (Å²) in [6, 6.07) is 11.0. The molecule has 1 saturated heterocycles. The number of hydrogen-bond donors (Lipinski definition) is 0. The van der Waals surface area contributed by atoms with E-state index in [2.05, 4.69) is 65.8 Å². The number of benzene rings is 1. The predicted molar refractivity (Wildman–Crippen MR) is 94.3 cm³/mol.